The molecule has 0 unspecified atom stereocenters. The fraction of sp³-hybridized carbons (Fsp3) is 0.500. The van der Waals surface area contributed by atoms with Crippen LogP contribution in [-0.2, 0) is 19.5 Å². The lowest BCUT2D eigenvalue weighted by Gasteiger charge is -2.20. The van der Waals surface area contributed by atoms with Crippen LogP contribution >= 0.6 is 0 Å². The Labute approximate surface area is 107 Å². The summed E-state index contributed by atoms with van der Waals surface area (Å²) in [7, 11) is 5.19. The SMILES string of the molecule is COc1cc(C(C)(C)C)cc2c1n(C)c(=O)n2C. The van der Waals surface area contributed by atoms with Crippen molar-refractivity contribution in [1.82, 2.24) is 9.13 Å². The maximum absolute atomic E-state index is 12.0. The molecular weight excluding hydrogens is 228 g/mol. The van der Waals surface area contributed by atoms with Crippen molar-refractivity contribution in [3.05, 3.63) is 28.2 Å². The minimum atomic E-state index is -0.0330. The predicted octanol–water partition coefficient (Wildman–Crippen LogP) is 2.18. The van der Waals surface area contributed by atoms with Gasteiger partial charge in [0.2, 0.25) is 0 Å². The molecule has 98 valence electrons. The van der Waals surface area contributed by atoms with E-state index in [0.717, 1.165) is 22.3 Å². The van der Waals surface area contributed by atoms with Crippen LogP contribution in [0.4, 0.5) is 0 Å². The first-order chi connectivity index (χ1) is 8.27. The van der Waals surface area contributed by atoms with Gasteiger partial charge in [0, 0.05) is 14.1 Å². The lowest BCUT2D eigenvalue weighted by atomic mass is 9.86. The van der Waals surface area contributed by atoms with Gasteiger partial charge in [0.25, 0.3) is 0 Å². The fourth-order valence-electron chi connectivity index (χ4n) is 2.20. The average Bonchev–Trinajstić information content (AvgIpc) is 2.52. The Hall–Kier alpha value is -1.71. The molecule has 18 heavy (non-hydrogen) atoms. The van der Waals surface area contributed by atoms with E-state index in [2.05, 4.69) is 26.8 Å². The summed E-state index contributed by atoms with van der Waals surface area (Å²) >= 11 is 0. The van der Waals surface area contributed by atoms with Gasteiger partial charge in [-0.05, 0) is 23.1 Å². The van der Waals surface area contributed by atoms with Crippen LogP contribution in [0.15, 0.2) is 16.9 Å². The zero-order valence-corrected chi connectivity index (χ0v) is 11.9. The van der Waals surface area contributed by atoms with Crippen LogP contribution in [0.25, 0.3) is 11.0 Å². The van der Waals surface area contributed by atoms with Crippen LogP contribution in [0.1, 0.15) is 26.3 Å². The quantitative estimate of drug-likeness (QED) is 0.775. The van der Waals surface area contributed by atoms with Crippen molar-refractivity contribution in [3.8, 4) is 5.75 Å². The molecule has 0 N–H and O–H groups in total. The van der Waals surface area contributed by atoms with Crippen LogP contribution in [0.3, 0.4) is 0 Å². The first-order valence-corrected chi connectivity index (χ1v) is 6.01. The molecule has 2 rings (SSSR count). The zero-order valence-electron chi connectivity index (χ0n) is 11.9. The third-order valence-electron chi connectivity index (χ3n) is 3.41. The summed E-state index contributed by atoms with van der Waals surface area (Å²) in [4.78, 5) is 12.0. The Balaban J connectivity index is 2.94. The van der Waals surface area contributed by atoms with E-state index in [4.69, 9.17) is 4.74 Å². The molecule has 0 fully saturated rings. The third-order valence-corrected chi connectivity index (χ3v) is 3.41. The number of aromatic nitrogens is 2. The molecule has 0 saturated heterocycles. The molecule has 4 nitrogen and oxygen atoms in total. The van der Waals surface area contributed by atoms with Crippen LogP contribution in [0.5, 0.6) is 5.75 Å². The maximum atomic E-state index is 12.0. The lowest BCUT2D eigenvalue weighted by molar-refractivity contribution is 0.416. The summed E-state index contributed by atoms with van der Waals surface area (Å²) in [5.74, 6) is 0.748. The third kappa shape index (κ3) is 1.72. The van der Waals surface area contributed by atoms with Crippen molar-refractivity contribution in [3.63, 3.8) is 0 Å². The first-order valence-electron chi connectivity index (χ1n) is 6.01. The number of aryl methyl sites for hydroxylation is 2. The van der Waals surface area contributed by atoms with Gasteiger partial charge in [-0.1, -0.05) is 20.8 Å². The van der Waals surface area contributed by atoms with E-state index in [0.29, 0.717) is 0 Å². The standard InChI is InChI=1S/C14H20N2O2/c1-14(2,3)9-7-10-12(11(8-9)18-6)16(5)13(17)15(10)4/h7-8H,1-6H3. The van der Waals surface area contributed by atoms with Crippen molar-refractivity contribution < 1.29 is 4.74 Å². The van der Waals surface area contributed by atoms with E-state index in [1.165, 1.54) is 0 Å². The Morgan fingerprint density at radius 2 is 1.72 bits per heavy atom. The smallest absolute Gasteiger partial charge is 0.328 e. The van der Waals surface area contributed by atoms with Gasteiger partial charge in [0.1, 0.15) is 11.3 Å². The Kier molecular flexibility index (Phi) is 2.76. The van der Waals surface area contributed by atoms with Gasteiger partial charge in [-0.3, -0.25) is 9.13 Å². The molecule has 1 aromatic heterocycles. The maximum Gasteiger partial charge on any atom is 0.328 e. The number of benzene rings is 1. The molecule has 0 spiro atoms. The summed E-state index contributed by atoms with van der Waals surface area (Å²) in [5, 5.41) is 0. The molecule has 0 aliphatic heterocycles. The molecule has 4 heteroatoms. The van der Waals surface area contributed by atoms with Crippen LogP contribution in [0, 0.1) is 0 Å². The Morgan fingerprint density at radius 1 is 1.11 bits per heavy atom. The van der Waals surface area contributed by atoms with Crippen LogP contribution in [-0.4, -0.2) is 16.2 Å². The minimum absolute atomic E-state index is 0.0212. The molecule has 0 saturated carbocycles. The number of fused-ring (bicyclic) bond motifs is 1. The number of rotatable bonds is 1. The predicted molar refractivity (Wildman–Crippen MR) is 73.4 cm³/mol. The van der Waals surface area contributed by atoms with Gasteiger partial charge in [-0.2, -0.15) is 0 Å². The van der Waals surface area contributed by atoms with Gasteiger partial charge in [0.15, 0.2) is 0 Å². The highest BCUT2D eigenvalue weighted by atomic mass is 16.5. The molecule has 1 heterocycles. The van der Waals surface area contributed by atoms with Crippen LogP contribution < -0.4 is 10.4 Å². The van der Waals surface area contributed by atoms with E-state index >= 15 is 0 Å². The minimum Gasteiger partial charge on any atom is -0.494 e. The molecule has 0 amide bonds. The Bertz CT molecular complexity index is 657. The van der Waals surface area contributed by atoms with Gasteiger partial charge >= 0.3 is 5.69 Å². The highest BCUT2D eigenvalue weighted by molar-refractivity contribution is 5.84. The van der Waals surface area contributed by atoms with Gasteiger partial charge in [-0.15, -0.1) is 0 Å². The van der Waals surface area contributed by atoms with Crippen molar-refractivity contribution in [1.29, 1.82) is 0 Å². The lowest BCUT2D eigenvalue weighted by Crippen LogP contribution is -2.19. The van der Waals surface area contributed by atoms with Gasteiger partial charge in [-0.25, -0.2) is 4.79 Å². The molecule has 0 atom stereocenters. The highest BCUT2D eigenvalue weighted by Gasteiger charge is 2.20. The van der Waals surface area contributed by atoms with Crippen LogP contribution in [0.2, 0.25) is 0 Å². The molecular formula is C14H20N2O2. The van der Waals surface area contributed by atoms with E-state index < -0.39 is 0 Å². The topological polar surface area (TPSA) is 36.2 Å². The number of methoxy groups -OCH3 is 1. The normalized spacial score (nSPS) is 12.1. The molecule has 2 aromatic rings. The molecule has 0 radical (unpaired) electrons. The number of nitrogens with zero attached hydrogens (tertiary/aromatic N) is 2. The van der Waals surface area contributed by atoms with Crippen molar-refractivity contribution >= 4 is 11.0 Å². The number of imidazole rings is 1. The van der Waals surface area contributed by atoms with Gasteiger partial charge in [0.05, 0.1) is 12.6 Å². The summed E-state index contributed by atoms with van der Waals surface area (Å²) in [5.41, 5.74) is 2.90. The fourth-order valence-corrected chi connectivity index (χ4v) is 2.20. The van der Waals surface area contributed by atoms with E-state index in [1.807, 2.05) is 6.07 Å². The number of ether oxygens (including phenoxy) is 1. The van der Waals surface area contributed by atoms with Crippen molar-refractivity contribution in [2.75, 3.05) is 7.11 Å². The van der Waals surface area contributed by atoms with E-state index in [1.54, 1.807) is 30.3 Å². The monoisotopic (exact) mass is 248 g/mol. The molecule has 1 aromatic carbocycles. The average molecular weight is 248 g/mol. The van der Waals surface area contributed by atoms with Crippen molar-refractivity contribution in [2.24, 2.45) is 14.1 Å². The summed E-state index contributed by atoms with van der Waals surface area (Å²) in [6.07, 6.45) is 0. The molecule has 0 aliphatic rings. The second-order valence-electron chi connectivity index (χ2n) is 5.70. The van der Waals surface area contributed by atoms with E-state index in [-0.39, 0.29) is 11.1 Å². The summed E-state index contributed by atoms with van der Waals surface area (Å²) in [6, 6.07) is 4.08. The van der Waals surface area contributed by atoms with Crippen molar-refractivity contribution in [2.45, 2.75) is 26.2 Å². The largest absolute Gasteiger partial charge is 0.494 e. The second kappa shape index (κ2) is 3.90. The number of hydrogen-bond donors (Lipinski definition) is 0. The highest BCUT2D eigenvalue weighted by Crippen LogP contribution is 2.32. The molecule has 0 aliphatic carbocycles. The summed E-state index contributed by atoms with van der Waals surface area (Å²) < 4.78 is 8.72. The first kappa shape index (κ1) is 12.7. The van der Waals surface area contributed by atoms with Gasteiger partial charge < -0.3 is 4.74 Å². The summed E-state index contributed by atoms with van der Waals surface area (Å²) in [6.45, 7) is 6.44. The molecule has 0 bridgehead atoms. The van der Waals surface area contributed by atoms with E-state index in [9.17, 15) is 4.79 Å². The second-order valence-corrected chi connectivity index (χ2v) is 5.70. The zero-order chi connectivity index (χ0) is 13.7. The number of hydrogen-bond acceptors (Lipinski definition) is 2. The Morgan fingerprint density at radius 3 is 2.22 bits per heavy atom.